The van der Waals surface area contributed by atoms with Gasteiger partial charge in [-0.2, -0.15) is 0 Å². The second-order valence-corrected chi connectivity index (χ2v) is 5.70. The first-order valence-electron chi connectivity index (χ1n) is 7.13. The van der Waals surface area contributed by atoms with Crippen LogP contribution in [0.3, 0.4) is 0 Å². The van der Waals surface area contributed by atoms with Crippen LogP contribution >= 0.6 is 0 Å². The van der Waals surface area contributed by atoms with Gasteiger partial charge in [-0.3, -0.25) is 4.98 Å². The average molecular weight is 263 g/mol. The Labute approximate surface area is 116 Å². The summed E-state index contributed by atoms with van der Waals surface area (Å²) in [6.07, 6.45) is 2.47. The fourth-order valence-electron chi connectivity index (χ4n) is 2.46. The Balaban J connectivity index is 2.05. The third-order valence-corrected chi connectivity index (χ3v) is 3.28. The van der Waals surface area contributed by atoms with Crippen LogP contribution in [0.1, 0.15) is 33.4 Å². The molecule has 0 aliphatic carbocycles. The molecule has 2 atom stereocenters. The summed E-state index contributed by atoms with van der Waals surface area (Å²) >= 11 is 0. The highest BCUT2D eigenvalue weighted by Gasteiger charge is 2.22. The SMILES string of the molecule is CC(C)NCc1cc(N2C[C@@H](C)O[C@@H](C)C2)ccn1. The molecule has 0 bridgehead atoms. The van der Waals surface area contributed by atoms with Crippen LogP contribution < -0.4 is 10.2 Å². The summed E-state index contributed by atoms with van der Waals surface area (Å²) < 4.78 is 5.78. The van der Waals surface area contributed by atoms with Crippen LogP contribution in [-0.2, 0) is 11.3 Å². The van der Waals surface area contributed by atoms with E-state index in [1.54, 1.807) is 0 Å². The highest BCUT2D eigenvalue weighted by molar-refractivity contribution is 5.47. The molecule has 1 aliphatic heterocycles. The topological polar surface area (TPSA) is 37.4 Å². The lowest BCUT2D eigenvalue weighted by Gasteiger charge is -2.36. The van der Waals surface area contributed by atoms with E-state index in [9.17, 15) is 0 Å². The van der Waals surface area contributed by atoms with Crippen molar-refractivity contribution in [3.63, 3.8) is 0 Å². The summed E-state index contributed by atoms with van der Waals surface area (Å²) in [7, 11) is 0. The minimum absolute atomic E-state index is 0.286. The Morgan fingerprint density at radius 2 is 2.05 bits per heavy atom. The van der Waals surface area contributed by atoms with Crippen molar-refractivity contribution in [3.05, 3.63) is 24.0 Å². The van der Waals surface area contributed by atoms with Crippen molar-refractivity contribution in [2.24, 2.45) is 0 Å². The summed E-state index contributed by atoms with van der Waals surface area (Å²) in [6, 6.07) is 4.75. The average Bonchev–Trinajstić information content (AvgIpc) is 2.35. The van der Waals surface area contributed by atoms with E-state index < -0.39 is 0 Å². The fraction of sp³-hybridized carbons (Fsp3) is 0.667. The van der Waals surface area contributed by atoms with Crippen LogP contribution in [0.15, 0.2) is 18.3 Å². The molecule has 1 N–H and O–H groups in total. The molecule has 19 heavy (non-hydrogen) atoms. The van der Waals surface area contributed by atoms with Gasteiger partial charge in [-0.1, -0.05) is 13.8 Å². The maximum absolute atomic E-state index is 5.78. The molecule has 0 spiro atoms. The first-order chi connectivity index (χ1) is 9.04. The van der Waals surface area contributed by atoms with Crippen molar-refractivity contribution >= 4 is 5.69 Å². The second-order valence-electron chi connectivity index (χ2n) is 5.70. The molecule has 4 heteroatoms. The van der Waals surface area contributed by atoms with Crippen LogP contribution in [0.4, 0.5) is 5.69 Å². The lowest BCUT2D eigenvalue weighted by Crippen LogP contribution is -2.45. The Morgan fingerprint density at radius 3 is 2.68 bits per heavy atom. The molecule has 0 radical (unpaired) electrons. The minimum Gasteiger partial charge on any atom is -0.372 e. The van der Waals surface area contributed by atoms with Crippen molar-refractivity contribution in [1.82, 2.24) is 10.3 Å². The molecular formula is C15H25N3O. The number of nitrogens with zero attached hydrogens (tertiary/aromatic N) is 2. The zero-order valence-corrected chi connectivity index (χ0v) is 12.4. The highest BCUT2D eigenvalue weighted by atomic mass is 16.5. The van der Waals surface area contributed by atoms with Gasteiger partial charge in [-0.25, -0.2) is 0 Å². The number of ether oxygens (including phenoxy) is 1. The monoisotopic (exact) mass is 263 g/mol. The molecule has 1 saturated heterocycles. The zero-order chi connectivity index (χ0) is 13.8. The molecule has 0 saturated carbocycles. The van der Waals surface area contributed by atoms with E-state index in [4.69, 9.17) is 4.74 Å². The van der Waals surface area contributed by atoms with Crippen molar-refractivity contribution in [3.8, 4) is 0 Å². The minimum atomic E-state index is 0.286. The summed E-state index contributed by atoms with van der Waals surface area (Å²) in [5.74, 6) is 0. The number of hydrogen-bond donors (Lipinski definition) is 1. The molecule has 1 fully saturated rings. The summed E-state index contributed by atoms with van der Waals surface area (Å²) in [5.41, 5.74) is 2.34. The number of rotatable bonds is 4. The highest BCUT2D eigenvalue weighted by Crippen LogP contribution is 2.20. The van der Waals surface area contributed by atoms with E-state index in [0.717, 1.165) is 25.3 Å². The predicted molar refractivity (Wildman–Crippen MR) is 78.4 cm³/mol. The third-order valence-electron chi connectivity index (χ3n) is 3.28. The predicted octanol–water partition coefficient (Wildman–Crippen LogP) is 2.19. The number of aromatic nitrogens is 1. The lowest BCUT2D eigenvalue weighted by atomic mass is 10.2. The van der Waals surface area contributed by atoms with E-state index in [1.165, 1.54) is 5.69 Å². The van der Waals surface area contributed by atoms with Gasteiger partial charge < -0.3 is 15.0 Å². The summed E-state index contributed by atoms with van der Waals surface area (Å²) in [4.78, 5) is 6.81. The van der Waals surface area contributed by atoms with Crippen LogP contribution in [0.25, 0.3) is 0 Å². The van der Waals surface area contributed by atoms with Gasteiger partial charge in [0.05, 0.1) is 17.9 Å². The van der Waals surface area contributed by atoms with Gasteiger partial charge in [0, 0.05) is 37.6 Å². The zero-order valence-electron chi connectivity index (χ0n) is 12.4. The molecule has 106 valence electrons. The van der Waals surface area contributed by atoms with Crippen LogP contribution in [-0.4, -0.2) is 36.3 Å². The van der Waals surface area contributed by atoms with E-state index in [1.807, 2.05) is 6.20 Å². The second kappa shape index (κ2) is 6.35. The molecule has 0 amide bonds. The maximum Gasteiger partial charge on any atom is 0.0726 e. The molecule has 4 nitrogen and oxygen atoms in total. The Hall–Kier alpha value is -1.13. The van der Waals surface area contributed by atoms with Crippen LogP contribution in [0.5, 0.6) is 0 Å². The molecule has 2 heterocycles. The largest absolute Gasteiger partial charge is 0.372 e. The Bertz CT molecular complexity index is 398. The van der Waals surface area contributed by atoms with Crippen molar-refractivity contribution < 1.29 is 4.74 Å². The smallest absolute Gasteiger partial charge is 0.0726 e. The van der Waals surface area contributed by atoms with Gasteiger partial charge in [0.1, 0.15) is 0 Å². The molecule has 0 aromatic carbocycles. The summed E-state index contributed by atoms with van der Waals surface area (Å²) in [6.45, 7) is 11.3. The number of pyridine rings is 1. The lowest BCUT2D eigenvalue weighted by molar-refractivity contribution is -0.00522. The maximum atomic E-state index is 5.78. The standard InChI is InChI=1S/C15H25N3O/c1-11(2)17-8-14-7-15(5-6-16-14)18-9-12(3)19-13(4)10-18/h5-7,11-13,17H,8-10H2,1-4H3/t12-,13+. The van der Waals surface area contributed by atoms with Gasteiger partial charge in [0.15, 0.2) is 0 Å². The third kappa shape index (κ3) is 4.18. The Morgan fingerprint density at radius 1 is 1.37 bits per heavy atom. The van der Waals surface area contributed by atoms with Crippen LogP contribution in [0, 0.1) is 0 Å². The van der Waals surface area contributed by atoms with Crippen molar-refractivity contribution in [1.29, 1.82) is 0 Å². The molecule has 2 rings (SSSR count). The van der Waals surface area contributed by atoms with Gasteiger partial charge in [-0.15, -0.1) is 0 Å². The van der Waals surface area contributed by atoms with Crippen molar-refractivity contribution in [2.75, 3.05) is 18.0 Å². The van der Waals surface area contributed by atoms with E-state index in [0.29, 0.717) is 6.04 Å². The number of nitrogens with one attached hydrogen (secondary N) is 1. The summed E-state index contributed by atoms with van der Waals surface area (Å²) in [5, 5.41) is 3.40. The molecule has 1 aromatic rings. The van der Waals surface area contributed by atoms with Gasteiger partial charge >= 0.3 is 0 Å². The van der Waals surface area contributed by atoms with Gasteiger partial charge in [0.2, 0.25) is 0 Å². The van der Waals surface area contributed by atoms with Crippen molar-refractivity contribution in [2.45, 2.75) is 52.5 Å². The van der Waals surface area contributed by atoms with E-state index in [-0.39, 0.29) is 12.2 Å². The number of anilines is 1. The van der Waals surface area contributed by atoms with E-state index >= 15 is 0 Å². The molecule has 0 unspecified atom stereocenters. The molecule has 1 aliphatic rings. The van der Waals surface area contributed by atoms with E-state index in [2.05, 4.69) is 55.0 Å². The quantitative estimate of drug-likeness (QED) is 0.903. The first-order valence-corrected chi connectivity index (χ1v) is 7.13. The Kier molecular flexibility index (Phi) is 4.77. The van der Waals surface area contributed by atoms with Gasteiger partial charge in [-0.05, 0) is 26.0 Å². The van der Waals surface area contributed by atoms with Gasteiger partial charge in [0.25, 0.3) is 0 Å². The first kappa shape index (κ1) is 14.3. The number of hydrogen-bond acceptors (Lipinski definition) is 4. The molecular weight excluding hydrogens is 238 g/mol. The normalized spacial score (nSPS) is 23.9. The number of morpholine rings is 1. The van der Waals surface area contributed by atoms with Crippen LogP contribution in [0.2, 0.25) is 0 Å². The fourth-order valence-corrected chi connectivity index (χ4v) is 2.46. The molecule has 1 aromatic heterocycles.